The Morgan fingerprint density at radius 1 is 1.56 bits per heavy atom. The molecule has 1 aliphatic rings. The first-order valence-corrected chi connectivity index (χ1v) is 7.11. The second-order valence-electron chi connectivity index (χ2n) is 4.08. The van der Waals surface area contributed by atoms with Crippen LogP contribution in [-0.2, 0) is 0 Å². The number of hydrogen-bond acceptors (Lipinski definition) is 4. The number of amides is 1. The van der Waals surface area contributed by atoms with E-state index in [1.165, 1.54) is 11.3 Å². The number of hydrogen-bond donors (Lipinski definition) is 1. The number of nitrogens with zero attached hydrogens (tertiary/aromatic N) is 1. The summed E-state index contributed by atoms with van der Waals surface area (Å²) in [7, 11) is 1.60. The molecule has 1 fully saturated rings. The first-order valence-electron chi connectivity index (χ1n) is 5.50. The van der Waals surface area contributed by atoms with E-state index in [0.717, 1.165) is 29.7 Å². The fourth-order valence-electron chi connectivity index (χ4n) is 1.86. The molecule has 102 valence electrons. The summed E-state index contributed by atoms with van der Waals surface area (Å²) in [6, 6.07) is 2.02. The van der Waals surface area contributed by atoms with Crippen molar-refractivity contribution in [2.24, 2.45) is 5.73 Å². The Morgan fingerprint density at radius 2 is 2.17 bits per heavy atom. The first kappa shape index (κ1) is 15.8. The lowest BCUT2D eigenvalue weighted by Crippen LogP contribution is -2.42. The lowest BCUT2D eigenvalue weighted by atomic mass is 10.1. The predicted molar refractivity (Wildman–Crippen MR) is 78.9 cm³/mol. The van der Waals surface area contributed by atoms with Crippen molar-refractivity contribution in [2.75, 3.05) is 20.2 Å². The van der Waals surface area contributed by atoms with E-state index >= 15 is 0 Å². The summed E-state index contributed by atoms with van der Waals surface area (Å²) >= 11 is 4.79. The Labute approximate surface area is 125 Å². The van der Waals surface area contributed by atoms with Crippen LogP contribution >= 0.6 is 39.7 Å². The normalized spacial score (nSPS) is 16.3. The van der Waals surface area contributed by atoms with Crippen LogP contribution in [0.4, 0.5) is 0 Å². The van der Waals surface area contributed by atoms with Crippen LogP contribution in [0.1, 0.15) is 22.5 Å². The van der Waals surface area contributed by atoms with E-state index in [2.05, 4.69) is 15.9 Å². The van der Waals surface area contributed by atoms with Gasteiger partial charge in [-0.1, -0.05) is 0 Å². The van der Waals surface area contributed by atoms with Gasteiger partial charge in [0.25, 0.3) is 5.91 Å². The third kappa shape index (κ3) is 3.38. The summed E-state index contributed by atoms with van der Waals surface area (Å²) < 4.78 is 6.01. The minimum atomic E-state index is 0. The summed E-state index contributed by atoms with van der Waals surface area (Å²) in [4.78, 5) is 14.8. The molecule has 1 aliphatic heterocycles. The van der Waals surface area contributed by atoms with Gasteiger partial charge in [0.2, 0.25) is 0 Å². The number of likely N-dealkylation sites (tertiary alicyclic amines) is 1. The van der Waals surface area contributed by atoms with Crippen LogP contribution in [0.25, 0.3) is 0 Å². The molecule has 0 aliphatic carbocycles. The molecule has 4 nitrogen and oxygen atoms in total. The summed E-state index contributed by atoms with van der Waals surface area (Å²) in [6.45, 7) is 1.50. The molecule has 1 aromatic heterocycles. The number of nitrogens with two attached hydrogens (primary N) is 1. The Morgan fingerprint density at radius 3 is 2.67 bits per heavy atom. The summed E-state index contributed by atoms with van der Waals surface area (Å²) in [5, 5.41) is 0. The van der Waals surface area contributed by atoms with E-state index < -0.39 is 0 Å². The molecule has 0 spiro atoms. The lowest BCUT2D eigenvalue weighted by molar-refractivity contribution is 0.0719. The van der Waals surface area contributed by atoms with E-state index in [1.54, 1.807) is 13.2 Å². The lowest BCUT2D eigenvalue weighted by Gasteiger charge is -2.29. The molecule has 0 radical (unpaired) electrons. The summed E-state index contributed by atoms with van der Waals surface area (Å²) in [5.41, 5.74) is 5.82. The molecule has 18 heavy (non-hydrogen) atoms. The molecule has 1 saturated heterocycles. The third-order valence-electron chi connectivity index (χ3n) is 2.91. The van der Waals surface area contributed by atoms with Gasteiger partial charge in [0.05, 0.1) is 12.0 Å². The number of halogens is 2. The van der Waals surface area contributed by atoms with Gasteiger partial charge < -0.3 is 15.4 Å². The number of thiophene rings is 1. The highest BCUT2D eigenvalue weighted by Crippen LogP contribution is 2.35. The fraction of sp³-hybridized carbons (Fsp3) is 0.545. The Kier molecular flexibility index (Phi) is 5.91. The molecule has 7 heteroatoms. The maximum absolute atomic E-state index is 12.2. The van der Waals surface area contributed by atoms with Gasteiger partial charge in [0, 0.05) is 25.2 Å². The molecular formula is C11H16BrClN2O2S. The fourth-order valence-corrected chi connectivity index (χ4v) is 3.47. The van der Waals surface area contributed by atoms with Gasteiger partial charge >= 0.3 is 0 Å². The smallest absolute Gasteiger partial charge is 0.264 e. The molecular weight excluding hydrogens is 340 g/mol. The van der Waals surface area contributed by atoms with Crippen molar-refractivity contribution >= 4 is 45.6 Å². The third-order valence-corrected chi connectivity index (χ3v) is 4.68. The van der Waals surface area contributed by atoms with E-state index in [-0.39, 0.29) is 24.4 Å². The van der Waals surface area contributed by atoms with E-state index in [1.807, 2.05) is 4.90 Å². The molecule has 2 heterocycles. The van der Waals surface area contributed by atoms with Crippen LogP contribution in [-0.4, -0.2) is 37.0 Å². The van der Waals surface area contributed by atoms with Crippen LogP contribution in [0.3, 0.4) is 0 Å². The SMILES string of the molecule is COc1cc(C(=O)N2CCC(N)CC2)sc1Br.Cl. The van der Waals surface area contributed by atoms with E-state index in [4.69, 9.17) is 10.5 Å². The van der Waals surface area contributed by atoms with Gasteiger partial charge in [0.15, 0.2) is 0 Å². The minimum absolute atomic E-state index is 0. The number of ether oxygens (including phenoxy) is 1. The summed E-state index contributed by atoms with van der Waals surface area (Å²) in [5.74, 6) is 0.790. The number of piperidine rings is 1. The van der Waals surface area contributed by atoms with Crippen molar-refractivity contribution in [3.8, 4) is 5.75 Å². The quantitative estimate of drug-likeness (QED) is 0.887. The zero-order chi connectivity index (χ0) is 12.4. The van der Waals surface area contributed by atoms with Crippen molar-refractivity contribution in [2.45, 2.75) is 18.9 Å². The molecule has 1 amide bonds. The topological polar surface area (TPSA) is 55.6 Å². The molecule has 0 bridgehead atoms. The van der Waals surface area contributed by atoms with E-state index in [9.17, 15) is 4.79 Å². The van der Waals surface area contributed by atoms with Crippen LogP contribution < -0.4 is 10.5 Å². The Balaban J connectivity index is 0.00000162. The maximum atomic E-state index is 12.2. The van der Waals surface area contributed by atoms with Crippen LogP contribution in [0, 0.1) is 0 Å². The van der Waals surface area contributed by atoms with Gasteiger partial charge in [-0.2, -0.15) is 0 Å². The second kappa shape index (κ2) is 6.75. The van der Waals surface area contributed by atoms with Crippen molar-refractivity contribution in [3.63, 3.8) is 0 Å². The van der Waals surface area contributed by atoms with Crippen molar-refractivity contribution in [3.05, 3.63) is 14.7 Å². The van der Waals surface area contributed by atoms with Crippen molar-refractivity contribution in [1.29, 1.82) is 0 Å². The van der Waals surface area contributed by atoms with Crippen LogP contribution in [0.2, 0.25) is 0 Å². The van der Waals surface area contributed by atoms with Gasteiger partial charge in [-0.05, 0) is 28.8 Å². The van der Waals surface area contributed by atoms with Gasteiger partial charge in [-0.25, -0.2) is 0 Å². The first-order chi connectivity index (χ1) is 8.11. The van der Waals surface area contributed by atoms with Crippen molar-refractivity contribution in [1.82, 2.24) is 4.90 Å². The minimum Gasteiger partial charge on any atom is -0.495 e. The zero-order valence-electron chi connectivity index (χ0n) is 10.0. The number of rotatable bonds is 2. The average molecular weight is 356 g/mol. The zero-order valence-corrected chi connectivity index (χ0v) is 13.2. The van der Waals surface area contributed by atoms with Crippen molar-refractivity contribution < 1.29 is 9.53 Å². The molecule has 0 unspecified atom stereocenters. The standard InChI is InChI=1S/C11H15BrN2O2S.ClH/c1-16-8-6-9(17-10(8)12)11(15)14-4-2-7(13)3-5-14;/h6-7H,2-5,13H2,1H3;1H. The maximum Gasteiger partial charge on any atom is 0.264 e. The van der Waals surface area contributed by atoms with Crippen LogP contribution in [0.5, 0.6) is 5.75 Å². The van der Waals surface area contributed by atoms with Gasteiger partial charge in [-0.15, -0.1) is 23.7 Å². The van der Waals surface area contributed by atoms with Crippen LogP contribution in [0.15, 0.2) is 9.85 Å². The number of carbonyl (C=O) groups is 1. The highest BCUT2D eigenvalue weighted by atomic mass is 79.9. The molecule has 0 atom stereocenters. The largest absolute Gasteiger partial charge is 0.495 e. The Bertz CT molecular complexity index is 419. The average Bonchev–Trinajstić information content (AvgIpc) is 2.70. The highest BCUT2D eigenvalue weighted by Gasteiger charge is 2.23. The second-order valence-corrected chi connectivity index (χ2v) is 6.45. The molecule has 1 aromatic rings. The van der Waals surface area contributed by atoms with E-state index in [0.29, 0.717) is 10.6 Å². The Hall–Kier alpha value is -0.300. The molecule has 2 N–H and O–H groups in total. The highest BCUT2D eigenvalue weighted by molar-refractivity contribution is 9.11. The molecule has 0 saturated carbocycles. The molecule has 2 rings (SSSR count). The number of methoxy groups -OCH3 is 1. The molecule has 0 aromatic carbocycles. The number of carbonyl (C=O) groups excluding carboxylic acids is 1. The van der Waals surface area contributed by atoms with Gasteiger partial charge in [0.1, 0.15) is 9.54 Å². The summed E-state index contributed by atoms with van der Waals surface area (Å²) in [6.07, 6.45) is 1.77. The monoisotopic (exact) mass is 354 g/mol. The predicted octanol–water partition coefficient (Wildman–Crippen LogP) is 2.50. The van der Waals surface area contributed by atoms with Gasteiger partial charge in [-0.3, -0.25) is 4.79 Å².